The Morgan fingerprint density at radius 1 is 1.19 bits per heavy atom. The van der Waals surface area contributed by atoms with E-state index in [-0.39, 0.29) is 19.6 Å². The third-order valence-corrected chi connectivity index (χ3v) is 4.75. The zero-order valence-corrected chi connectivity index (χ0v) is 19.6. The molecule has 3 rings (SSSR count). The summed E-state index contributed by atoms with van der Waals surface area (Å²) in [5.74, 6) is 0.330. The summed E-state index contributed by atoms with van der Waals surface area (Å²) >= 11 is 0. The molecule has 2 amide bonds. The fourth-order valence-corrected chi connectivity index (χ4v) is 3.08. The van der Waals surface area contributed by atoms with Gasteiger partial charge in [-0.3, -0.25) is 4.79 Å². The minimum atomic E-state index is -0.966. The summed E-state index contributed by atoms with van der Waals surface area (Å²) in [5, 5.41) is 15.3. The maximum absolute atomic E-state index is 12.8. The molecule has 0 saturated carbocycles. The molecule has 1 aromatic heterocycles. The number of H-pyrrole nitrogens is 1. The number of nitriles is 1. The van der Waals surface area contributed by atoms with Crippen LogP contribution in [0.15, 0.2) is 66.2 Å². The van der Waals surface area contributed by atoms with E-state index in [2.05, 4.69) is 25.8 Å². The van der Waals surface area contributed by atoms with Gasteiger partial charge in [-0.1, -0.05) is 30.3 Å². The van der Waals surface area contributed by atoms with Crippen LogP contribution in [0.5, 0.6) is 11.5 Å². The van der Waals surface area contributed by atoms with E-state index in [1.807, 2.05) is 43.3 Å². The number of hydrogen-bond donors (Lipinski definition) is 3. The van der Waals surface area contributed by atoms with Gasteiger partial charge in [0, 0.05) is 18.3 Å². The Kier molecular flexibility index (Phi) is 9.85. The number of ether oxygens (including phenoxy) is 3. The number of imidazole rings is 1. The Balaban J connectivity index is 1.62. The Morgan fingerprint density at radius 2 is 2.03 bits per heavy atom. The predicted octanol–water partition coefficient (Wildman–Crippen LogP) is 2.70. The molecule has 11 heteroatoms. The first kappa shape index (κ1) is 25.8. The molecule has 0 aliphatic heterocycles. The Hall–Kier alpha value is -4.85. The van der Waals surface area contributed by atoms with Crippen LogP contribution in [0.3, 0.4) is 0 Å². The molecule has 1 heterocycles. The lowest BCUT2D eigenvalue weighted by Gasteiger charge is -2.16. The van der Waals surface area contributed by atoms with Gasteiger partial charge in [0.05, 0.1) is 19.1 Å². The summed E-state index contributed by atoms with van der Waals surface area (Å²) in [7, 11) is 0. The molecule has 36 heavy (non-hydrogen) atoms. The van der Waals surface area contributed by atoms with Crippen LogP contribution in [0.25, 0.3) is 0 Å². The average molecular weight is 491 g/mol. The van der Waals surface area contributed by atoms with Crippen molar-refractivity contribution >= 4 is 18.2 Å². The Labute approximate surface area is 208 Å². The largest absolute Gasteiger partial charge is 0.490 e. The van der Waals surface area contributed by atoms with Crippen molar-refractivity contribution in [1.82, 2.24) is 20.7 Å². The number of nitrogens with zero attached hydrogens (tertiary/aromatic N) is 3. The summed E-state index contributed by atoms with van der Waals surface area (Å²) in [6, 6.07) is 15.2. The molecule has 0 radical (unpaired) electrons. The summed E-state index contributed by atoms with van der Waals surface area (Å²) in [5.41, 5.74) is 4.53. The number of carbonyl (C=O) groups is 2. The lowest BCUT2D eigenvalue weighted by Crippen LogP contribution is -2.47. The van der Waals surface area contributed by atoms with Crippen LogP contribution in [0, 0.1) is 11.3 Å². The molecule has 1 atom stereocenters. The van der Waals surface area contributed by atoms with Gasteiger partial charge in [-0.05, 0) is 36.2 Å². The summed E-state index contributed by atoms with van der Waals surface area (Å²) in [6.07, 6.45) is 3.88. The van der Waals surface area contributed by atoms with E-state index in [9.17, 15) is 9.59 Å². The third-order valence-electron chi connectivity index (χ3n) is 4.75. The molecular formula is C25H26N6O5. The fraction of sp³-hybridized carbons (Fsp3) is 0.240. The van der Waals surface area contributed by atoms with E-state index in [0.29, 0.717) is 29.4 Å². The van der Waals surface area contributed by atoms with Gasteiger partial charge in [-0.15, -0.1) is 0 Å². The number of nitrogens with one attached hydrogen (secondary N) is 3. The van der Waals surface area contributed by atoms with E-state index in [0.717, 1.165) is 5.56 Å². The highest BCUT2D eigenvalue weighted by molar-refractivity contribution is 5.87. The molecule has 0 fully saturated rings. The normalized spacial score (nSPS) is 11.3. The lowest BCUT2D eigenvalue weighted by atomic mass is 10.1. The van der Waals surface area contributed by atoms with E-state index in [4.69, 9.17) is 19.5 Å². The molecule has 0 bridgehead atoms. The number of hydrazone groups is 1. The number of alkyl carbamates (subject to hydrolysis) is 1. The number of benzene rings is 2. The molecule has 0 saturated heterocycles. The quantitative estimate of drug-likeness (QED) is 0.261. The van der Waals surface area contributed by atoms with Crippen LogP contribution in [-0.4, -0.2) is 47.4 Å². The third kappa shape index (κ3) is 8.18. The average Bonchev–Trinajstić information content (AvgIpc) is 3.40. The van der Waals surface area contributed by atoms with Gasteiger partial charge in [0.1, 0.15) is 18.7 Å². The summed E-state index contributed by atoms with van der Waals surface area (Å²) in [6.45, 7) is 2.19. The van der Waals surface area contributed by atoms with Gasteiger partial charge in [-0.2, -0.15) is 10.4 Å². The molecule has 3 N–H and O–H groups in total. The van der Waals surface area contributed by atoms with Crippen LogP contribution in [0.2, 0.25) is 0 Å². The zero-order valence-electron chi connectivity index (χ0n) is 19.6. The van der Waals surface area contributed by atoms with Crippen molar-refractivity contribution in [2.24, 2.45) is 5.10 Å². The van der Waals surface area contributed by atoms with Gasteiger partial charge in [0.15, 0.2) is 18.1 Å². The molecule has 186 valence electrons. The molecule has 2 aromatic carbocycles. The van der Waals surface area contributed by atoms with Crippen molar-refractivity contribution in [3.8, 4) is 17.6 Å². The minimum absolute atomic E-state index is 0.0689. The van der Waals surface area contributed by atoms with Gasteiger partial charge < -0.3 is 24.5 Å². The van der Waals surface area contributed by atoms with E-state index in [1.54, 1.807) is 24.4 Å². The van der Waals surface area contributed by atoms with Gasteiger partial charge in [-0.25, -0.2) is 15.2 Å². The second kappa shape index (κ2) is 13.8. The minimum Gasteiger partial charge on any atom is -0.490 e. The number of hydrogen-bond acceptors (Lipinski definition) is 8. The van der Waals surface area contributed by atoms with Crippen molar-refractivity contribution in [2.75, 3.05) is 13.2 Å². The maximum Gasteiger partial charge on any atom is 0.408 e. The van der Waals surface area contributed by atoms with Crippen molar-refractivity contribution in [1.29, 1.82) is 5.26 Å². The SMILES string of the molecule is CCOc1cc(/C=N\NC(=O)[C@H](Cc2cnc[nH]2)NC(=O)OCc2ccccc2)ccc1OCC#N. The number of rotatable bonds is 12. The first-order valence-corrected chi connectivity index (χ1v) is 11.1. The topological polar surface area (TPSA) is 151 Å². The second-order valence-electron chi connectivity index (χ2n) is 7.36. The highest BCUT2D eigenvalue weighted by Gasteiger charge is 2.22. The van der Waals surface area contributed by atoms with Crippen molar-refractivity contribution in [3.05, 3.63) is 77.9 Å². The highest BCUT2D eigenvalue weighted by Crippen LogP contribution is 2.28. The fourth-order valence-electron chi connectivity index (χ4n) is 3.08. The molecule has 0 spiro atoms. The van der Waals surface area contributed by atoms with Crippen LogP contribution in [-0.2, 0) is 22.6 Å². The molecule has 11 nitrogen and oxygen atoms in total. The predicted molar refractivity (Wildman–Crippen MR) is 130 cm³/mol. The van der Waals surface area contributed by atoms with E-state index in [1.165, 1.54) is 12.5 Å². The number of carbonyl (C=O) groups excluding carboxylic acids is 2. The summed E-state index contributed by atoms with van der Waals surface area (Å²) < 4.78 is 16.1. The summed E-state index contributed by atoms with van der Waals surface area (Å²) in [4.78, 5) is 32.0. The van der Waals surface area contributed by atoms with E-state index < -0.39 is 18.0 Å². The van der Waals surface area contributed by atoms with Crippen LogP contribution >= 0.6 is 0 Å². The van der Waals surface area contributed by atoms with Gasteiger partial charge >= 0.3 is 6.09 Å². The molecule has 0 aliphatic carbocycles. The number of amides is 2. The first-order chi connectivity index (χ1) is 17.6. The van der Waals surface area contributed by atoms with Crippen LogP contribution in [0.1, 0.15) is 23.7 Å². The number of aromatic amines is 1. The lowest BCUT2D eigenvalue weighted by molar-refractivity contribution is -0.123. The molecule has 0 unspecified atom stereocenters. The highest BCUT2D eigenvalue weighted by atomic mass is 16.5. The molecule has 3 aromatic rings. The molecule has 0 aliphatic rings. The smallest absolute Gasteiger partial charge is 0.408 e. The molecular weight excluding hydrogens is 464 g/mol. The Morgan fingerprint density at radius 3 is 2.75 bits per heavy atom. The van der Waals surface area contributed by atoms with Crippen LogP contribution in [0.4, 0.5) is 4.79 Å². The van der Waals surface area contributed by atoms with Crippen molar-refractivity contribution < 1.29 is 23.8 Å². The maximum atomic E-state index is 12.8. The van der Waals surface area contributed by atoms with Crippen LogP contribution < -0.4 is 20.2 Å². The van der Waals surface area contributed by atoms with Gasteiger partial charge in [0.2, 0.25) is 0 Å². The first-order valence-electron chi connectivity index (χ1n) is 11.1. The van der Waals surface area contributed by atoms with Crippen molar-refractivity contribution in [2.45, 2.75) is 26.0 Å². The monoisotopic (exact) mass is 490 g/mol. The number of aromatic nitrogens is 2. The van der Waals surface area contributed by atoms with Crippen molar-refractivity contribution in [3.63, 3.8) is 0 Å². The van der Waals surface area contributed by atoms with E-state index >= 15 is 0 Å². The zero-order chi connectivity index (χ0) is 25.6. The van der Waals surface area contributed by atoms with Gasteiger partial charge in [0.25, 0.3) is 5.91 Å². The Bertz CT molecular complexity index is 1190. The standard InChI is InChI=1S/C25H26N6O5/c1-2-34-23-12-19(8-9-22(23)35-11-10-26)14-29-31-24(32)21(13-20-15-27-17-28-20)30-25(33)36-16-18-6-4-3-5-7-18/h3-9,12,14-15,17,21H,2,11,13,16H2,1H3,(H,27,28)(H,30,33)(H,31,32)/b29-14-/t21-/m0/s1. The second-order valence-corrected chi connectivity index (χ2v) is 7.36.